The molecule has 108 valence electrons. The van der Waals surface area contributed by atoms with E-state index in [1.54, 1.807) is 30.3 Å². The maximum atomic E-state index is 11.7. The first kappa shape index (κ1) is 15.7. The molecule has 1 aromatic carbocycles. The summed E-state index contributed by atoms with van der Waals surface area (Å²) in [6, 6.07) is 7.84. The van der Waals surface area contributed by atoms with Gasteiger partial charge in [-0.05, 0) is 12.0 Å². The molecule has 0 bridgehead atoms. The Balaban J connectivity index is 2.64. The van der Waals surface area contributed by atoms with E-state index < -0.39 is 18.0 Å². The number of nitrogens with one attached hydrogen (secondary N) is 1. The van der Waals surface area contributed by atoms with Crippen LogP contribution in [-0.4, -0.2) is 30.1 Å². The summed E-state index contributed by atoms with van der Waals surface area (Å²) in [5.41, 5.74) is 0.617. The molecule has 0 saturated heterocycles. The van der Waals surface area contributed by atoms with Crippen LogP contribution in [0.3, 0.4) is 0 Å². The van der Waals surface area contributed by atoms with E-state index in [0.29, 0.717) is 5.56 Å². The molecule has 6 nitrogen and oxygen atoms in total. The predicted molar refractivity (Wildman–Crippen MR) is 70.8 cm³/mol. The Morgan fingerprint density at radius 2 is 1.85 bits per heavy atom. The third-order valence-corrected chi connectivity index (χ3v) is 2.67. The number of carbonyl (C=O) groups excluding carboxylic acids is 2. The van der Waals surface area contributed by atoms with Crippen LogP contribution in [-0.2, 0) is 19.1 Å². The Hall–Kier alpha value is -2.37. The number of hydrogen-bond donors (Lipinski definition) is 2. The molecule has 1 atom stereocenters. The van der Waals surface area contributed by atoms with Gasteiger partial charge in [-0.3, -0.25) is 9.59 Å². The van der Waals surface area contributed by atoms with Crippen LogP contribution >= 0.6 is 0 Å². The molecule has 1 rings (SSSR count). The number of benzene rings is 1. The molecule has 0 aliphatic rings. The minimum atomic E-state index is -0.953. The highest BCUT2D eigenvalue weighted by Gasteiger charge is 2.23. The van der Waals surface area contributed by atoms with Crippen molar-refractivity contribution >= 4 is 17.8 Å². The Kier molecular flexibility index (Phi) is 6.22. The average molecular weight is 279 g/mol. The molecule has 1 amide bonds. The van der Waals surface area contributed by atoms with E-state index in [1.807, 2.05) is 0 Å². The lowest BCUT2D eigenvalue weighted by Crippen LogP contribution is -2.34. The predicted octanol–water partition coefficient (Wildman–Crippen LogP) is 1.27. The molecule has 0 fully saturated rings. The van der Waals surface area contributed by atoms with Crippen LogP contribution in [0.5, 0.6) is 0 Å². The zero-order chi connectivity index (χ0) is 15.0. The minimum absolute atomic E-state index is 0.0482. The van der Waals surface area contributed by atoms with E-state index in [0.717, 1.165) is 0 Å². The van der Waals surface area contributed by atoms with Crippen molar-refractivity contribution in [1.29, 1.82) is 0 Å². The van der Waals surface area contributed by atoms with Crippen molar-refractivity contribution in [3.05, 3.63) is 35.9 Å². The van der Waals surface area contributed by atoms with Crippen LogP contribution in [0.4, 0.5) is 0 Å². The smallest absolute Gasteiger partial charge is 0.333 e. The number of ether oxygens (including phenoxy) is 1. The quantitative estimate of drug-likeness (QED) is 0.733. The summed E-state index contributed by atoms with van der Waals surface area (Å²) in [4.78, 5) is 33.8. The van der Waals surface area contributed by atoms with Gasteiger partial charge >= 0.3 is 11.9 Å². The number of aliphatic carboxylic acids is 1. The fraction of sp³-hybridized carbons (Fsp3) is 0.357. The first-order valence-corrected chi connectivity index (χ1v) is 6.18. The van der Waals surface area contributed by atoms with Crippen LogP contribution in [0, 0.1) is 0 Å². The van der Waals surface area contributed by atoms with Gasteiger partial charge in [0.15, 0.2) is 6.04 Å². The van der Waals surface area contributed by atoms with Crippen LogP contribution in [0.25, 0.3) is 0 Å². The molecule has 0 aliphatic carbocycles. The lowest BCUT2D eigenvalue weighted by molar-refractivity contribution is -0.145. The van der Waals surface area contributed by atoms with E-state index in [1.165, 1.54) is 7.11 Å². The first-order valence-electron chi connectivity index (χ1n) is 6.18. The van der Waals surface area contributed by atoms with Crippen molar-refractivity contribution in [2.75, 3.05) is 7.11 Å². The van der Waals surface area contributed by atoms with Gasteiger partial charge in [0.25, 0.3) is 0 Å². The van der Waals surface area contributed by atoms with Gasteiger partial charge < -0.3 is 15.2 Å². The van der Waals surface area contributed by atoms with Crippen LogP contribution in [0.2, 0.25) is 0 Å². The van der Waals surface area contributed by atoms with Crippen molar-refractivity contribution in [3.63, 3.8) is 0 Å². The summed E-state index contributed by atoms with van der Waals surface area (Å²) >= 11 is 0. The third kappa shape index (κ3) is 5.09. The zero-order valence-corrected chi connectivity index (χ0v) is 11.2. The van der Waals surface area contributed by atoms with E-state index in [4.69, 9.17) is 5.11 Å². The van der Waals surface area contributed by atoms with E-state index >= 15 is 0 Å². The summed E-state index contributed by atoms with van der Waals surface area (Å²) < 4.78 is 4.66. The van der Waals surface area contributed by atoms with Crippen molar-refractivity contribution in [2.45, 2.75) is 25.3 Å². The summed E-state index contributed by atoms with van der Waals surface area (Å²) in [6.45, 7) is 0. The molecule has 2 N–H and O–H groups in total. The van der Waals surface area contributed by atoms with Gasteiger partial charge in [-0.2, -0.15) is 0 Å². The fourth-order valence-corrected chi connectivity index (χ4v) is 1.68. The normalized spacial score (nSPS) is 11.4. The summed E-state index contributed by atoms with van der Waals surface area (Å²) in [5.74, 6) is -1.90. The lowest BCUT2D eigenvalue weighted by Gasteiger charge is -2.16. The highest BCUT2D eigenvalue weighted by atomic mass is 16.5. The zero-order valence-electron chi connectivity index (χ0n) is 11.2. The monoisotopic (exact) mass is 279 g/mol. The number of methoxy groups -OCH3 is 1. The molecule has 20 heavy (non-hydrogen) atoms. The molecule has 0 radical (unpaired) electrons. The van der Waals surface area contributed by atoms with Gasteiger partial charge in [-0.15, -0.1) is 0 Å². The number of carbonyl (C=O) groups is 3. The number of rotatable bonds is 7. The van der Waals surface area contributed by atoms with Crippen molar-refractivity contribution in [3.8, 4) is 0 Å². The molecule has 1 aromatic rings. The van der Waals surface area contributed by atoms with Crippen molar-refractivity contribution in [1.82, 2.24) is 5.32 Å². The highest BCUT2D eigenvalue weighted by molar-refractivity contribution is 5.85. The second kappa shape index (κ2) is 7.93. The van der Waals surface area contributed by atoms with Crippen molar-refractivity contribution in [2.24, 2.45) is 0 Å². The molecule has 0 unspecified atom stereocenters. The second-order valence-electron chi connectivity index (χ2n) is 4.18. The Labute approximate surface area is 116 Å². The number of carboxylic acids is 1. The molecule has 0 heterocycles. The topological polar surface area (TPSA) is 92.7 Å². The molecule has 0 spiro atoms. The summed E-state index contributed by atoms with van der Waals surface area (Å²) in [6.07, 6.45) is 0.193. The number of esters is 1. The standard InChI is InChI=1S/C14H17NO5/c1-20-14(19)13(10-6-3-2-4-7-10)15-11(16)8-5-9-12(17)18/h2-4,6-7,13H,5,8-9H2,1H3,(H,15,16)(H,17,18)/t13-/m1/s1. The fourth-order valence-electron chi connectivity index (χ4n) is 1.68. The average Bonchev–Trinajstić information content (AvgIpc) is 2.44. The maximum Gasteiger partial charge on any atom is 0.333 e. The maximum absolute atomic E-state index is 11.7. The molecule has 0 aromatic heterocycles. The van der Waals surface area contributed by atoms with Gasteiger partial charge in [0.2, 0.25) is 5.91 Å². The summed E-state index contributed by atoms with van der Waals surface area (Å²) in [7, 11) is 1.24. The highest BCUT2D eigenvalue weighted by Crippen LogP contribution is 2.14. The Bertz CT molecular complexity index is 472. The number of amides is 1. The van der Waals surface area contributed by atoms with Gasteiger partial charge in [-0.25, -0.2) is 4.79 Å². The van der Waals surface area contributed by atoms with Crippen LogP contribution < -0.4 is 5.32 Å². The molecule has 0 aliphatic heterocycles. The Morgan fingerprint density at radius 3 is 2.40 bits per heavy atom. The lowest BCUT2D eigenvalue weighted by atomic mass is 10.1. The van der Waals surface area contributed by atoms with Gasteiger partial charge in [0.05, 0.1) is 7.11 Å². The first-order chi connectivity index (χ1) is 9.54. The largest absolute Gasteiger partial charge is 0.481 e. The molecular weight excluding hydrogens is 262 g/mol. The third-order valence-electron chi connectivity index (χ3n) is 2.67. The SMILES string of the molecule is COC(=O)[C@H](NC(=O)CCCC(=O)O)c1ccccc1. The van der Waals surface area contributed by atoms with E-state index in [2.05, 4.69) is 10.1 Å². The van der Waals surface area contributed by atoms with E-state index in [-0.39, 0.29) is 25.2 Å². The minimum Gasteiger partial charge on any atom is -0.481 e. The van der Waals surface area contributed by atoms with Crippen molar-refractivity contribution < 1.29 is 24.2 Å². The van der Waals surface area contributed by atoms with Gasteiger partial charge in [0.1, 0.15) is 0 Å². The van der Waals surface area contributed by atoms with Crippen LogP contribution in [0.15, 0.2) is 30.3 Å². The summed E-state index contributed by atoms with van der Waals surface area (Å²) in [5, 5.41) is 11.1. The van der Waals surface area contributed by atoms with Crippen LogP contribution in [0.1, 0.15) is 30.9 Å². The Morgan fingerprint density at radius 1 is 1.20 bits per heavy atom. The molecule has 0 saturated carbocycles. The van der Waals surface area contributed by atoms with Gasteiger partial charge in [0, 0.05) is 12.8 Å². The number of carboxylic acid groups (broad SMARTS) is 1. The second-order valence-corrected chi connectivity index (χ2v) is 4.18. The number of hydrogen-bond acceptors (Lipinski definition) is 4. The molecule has 6 heteroatoms. The van der Waals surface area contributed by atoms with Gasteiger partial charge in [-0.1, -0.05) is 30.3 Å². The molecular formula is C14H17NO5. The van der Waals surface area contributed by atoms with E-state index in [9.17, 15) is 14.4 Å².